The van der Waals surface area contributed by atoms with E-state index in [-0.39, 0.29) is 83.1 Å². The highest BCUT2D eigenvalue weighted by molar-refractivity contribution is 8.77. The van der Waals surface area contributed by atoms with Crippen molar-refractivity contribution in [2.75, 3.05) is 57.6 Å². The van der Waals surface area contributed by atoms with E-state index in [1.165, 1.54) is 64.5 Å². The maximum atomic E-state index is 11.9. The zero-order valence-corrected chi connectivity index (χ0v) is 91.3. The molecule has 0 radical (unpaired) electrons. The number of carbonyl (C=O) groups is 14. The van der Waals surface area contributed by atoms with Crippen LogP contribution in [0.5, 0.6) is 28.7 Å². The molecule has 822 valence electrons. The number of para-hydroxylation sites is 5. The lowest BCUT2D eigenvalue weighted by molar-refractivity contribution is -0.145. The van der Waals surface area contributed by atoms with Crippen molar-refractivity contribution in [2.45, 2.75) is 259 Å². The highest BCUT2D eigenvalue weighted by Gasteiger charge is 2.24. The van der Waals surface area contributed by atoms with Gasteiger partial charge in [0.1, 0.15) is 101 Å². The van der Waals surface area contributed by atoms with E-state index >= 15 is 0 Å². The molecule has 0 saturated carbocycles. The molecule has 7 aromatic rings. The van der Waals surface area contributed by atoms with Gasteiger partial charge in [0.15, 0.2) is 11.6 Å². The zero-order valence-electron chi connectivity index (χ0n) is 88.0. The second-order valence-corrected chi connectivity index (χ2v) is 35.7. The number of Topliss-reactive ketones (excluding diaryl/α,β-unsaturated/α-hetero) is 4. The molecule has 42 heteroatoms. The summed E-state index contributed by atoms with van der Waals surface area (Å²) in [5.74, 6) is 0.245. The third kappa shape index (κ3) is 74.3. The number of esters is 10. The van der Waals surface area contributed by atoms with Gasteiger partial charge in [-0.05, 0) is 139 Å². The van der Waals surface area contributed by atoms with Gasteiger partial charge in [0, 0.05) is 47.0 Å². The van der Waals surface area contributed by atoms with Gasteiger partial charge in [-0.25, -0.2) is 24.0 Å². The molecule has 14 atom stereocenters. The molecule has 0 aliphatic rings. The van der Waals surface area contributed by atoms with Crippen LogP contribution >= 0.6 is 43.2 Å². The van der Waals surface area contributed by atoms with E-state index in [1.807, 2.05) is 150 Å². The first-order valence-corrected chi connectivity index (χ1v) is 53.1. The minimum absolute atomic E-state index is 0.0260. The van der Waals surface area contributed by atoms with Gasteiger partial charge in [-0.2, -0.15) is 0 Å². The summed E-state index contributed by atoms with van der Waals surface area (Å²) in [7, 11) is 9.38. The van der Waals surface area contributed by atoms with Gasteiger partial charge in [-0.15, -0.1) is 0 Å². The number of hydrogen-bond acceptors (Lipinski definition) is 42. The van der Waals surface area contributed by atoms with Crippen LogP contribution in [-0.2, 0) is 81.2 Å². The molecule has 0 saturated heterocycles. The highest BCUT2D eigenvalue weighted by Crippen LogP contribution is 2.25. The van der Waals surface area contributed by atoms with E-state index in [1.54, 1.807) is 159 Å². The average molecular weight is 2130 g/mol. The first-order chi connectivity index (χ1) is 69.9. The molecular weight excluding hydrogens is 1970 g/mol. The Kier molecular flexibility index (Phi) is 91.5. The van der Waals surface area contributed by atoms with Crippen LogP contribution in [0.25, 0.3) is 0 Å². The average Bonchev–Trinajstić information content (AvgIpc) is 0.904. The minimum atomic E-state index is -0.764. The summed E-state index contributed by atoms with van der Waals surface area (Å²) < 4.78 is 47.9. The van der Waals surface area contributed by atoms with Gasteiger partial charge in [0.2, 0.25) is 0 Å². The van der Waals surface area contributed by atoms with Crippen LogP contribution in [0, 0.1) is 0 Å². The molecular formula is C105H164N14O24S4. The topological polar surface area (TPSA) is 696 Å². The molecule has 0 aromatic heterocycles. The van der Waals surface area contributed by atoms with Crippen LogP contribution in [0.3, 0.4) is 0 Å². The molecule has 0 bridgehead atoms. The Morgan fingerprint density at radius 2 is 0.361 bits per heavy atom. The molecule has 147 heavy (non-hydrogen) atoms. The summed E-state index contributed by atoms with van der Waals surface area (Å²) in [4.78, 5) is 155. The Hall–Kier alpha value is -11.2. The molecule has 38 nitrogen and oxygen atoms in total. The Labute approximate surface area is 883 Å². The smallest absolute Gasteiger partial charge is 0.329 e. The predicted octanol–water partition coefficient (Wildman–Crippen LogP) is 10.7. The van der Waals surface area contributed by atoms with E-state index in [4.69, 9.17) is 104 Å². The van der Waals surface area contributed by atoms with Crippen molar-refractivity contribution in [3.05, 3.63) is 223 Å². The number of rotatable bonds is 45. The summed E-state index contributed by atoms with van der Waals surface area (Å²) in [6.07, 6.45) is 7.74. The van der Waals surface area contributed by atoms with Gasteiger partial charge in [-0.3, -0.25) is 43.2 Å². The lowest BCUT2D eigenvalue weighted by Gasteiger charge is -2.12. The Balaban J connectivity index is -0.000000511. The lowest BCUT2D eigenvalue weighted by Crippen LogP contribution is -2.37. The van der Waals surface area contributed by atoms with Crippen molar-refractivity contribution in [1.82, 2.24) is 0 Å². The van der Waals surface area contributed by atoms with E-state index in [9.17, 15) is 67.1 Å². The molecule has 0 fully saturated rings. The fourth-order valence-corrected chi connectivity index (χ4v) is 13.5. The molecule has 2 unspecified atom stereocenters. The monoisotopic (exact) mass is 2130 g/mol. The second kappa shape index (κ2) is 93.3. The normalized spacial score (nSPS) is 12.8. The lowest BCUT2D eigenvalue weighted by atomic mass is 10.0. The first kappa shape index (κ1) is 144. The molecule has 28 N–H and O–H groups in total. The third-order valence-electron chi connectivity index (χ3n) is 18.9. The Bertz CT molecular complexity index is 4370. The molecule has 7 aromatic carbocycles. The van der Waals surface area contributed by atoms with E-state index < -0.39 is 84.3 Å². The molecule has 7 rings (SSSR count). The summed E-state index contributed by atoms with van der Waals surface area (Å²) >= 11 is 0. The zero-order chi connectivity index (χ0) is 113. The van der Waals surface area contributed by atoms with E-state index in [0.717, 1.165) is 12.8 Å². The second-order valence-electron chi connectivity index (χ2n) is 30.6. The van der Waals surface area contributed by atoms with Gasteiger partial charge < -0.3 is 128 Å². The quantitative estimate of drug-likeness (QED) is 0.00421. The number of benzene rings is 7. The summed E-state index contributed by atoms with van der Waals surface area (Å²) in [6.45, 7) is 26.7. The third-order valence-corrected chi connectivity index (χ3v) is 23.8. The molecule has 0 heterocycles. The number of ether oxygens (including phenoxy) is 10. The number of carbonyl (C=O) groups excluding carboxylic acids is 14. The van der Waals surface area contributed by atoms with Crippen LogP contribution in [0.2, 0.25) is 0 Å². The Morgan fingerprint density at radius 1 is 0.204 bits per heavy atom. The molecule has 0 spiro atoms. The van der Waals surface area contributed by atoms with E-state index in [2.05, 4.69) is 23.7 Å². The molecule has 0 aliphatic heterocycles. The first-order valence-electron chi connectivity index (χ1n) is 48.1. The van der Waals surface area contributed by atoms with Gasteiger partial charge >= 0.3 is 59.7 Å². The molecule has 0 amide bonds. The van der Waals surface area contributed by atoms with Crippen LogP contribution in [-0.4, -0.2) is 225 Å². The predicted molar refractivity (Wildman–Crippen MR) is 586 cm³/mol. The Morgan fingerprint density at radius 3 is 0.517 bits per heavy atom. The van der Waals surface area contributed by atoms with Crippen molar-refractivity contribution in [2.24, 2.45) is 80.3 Å². The fourth-order valence-electron chi connectivity index (χ4n) is 9.10. The maximum Gasteiger partial charge on any atom is 0.329 e. The fraction of sp³-hybridized carbons (Fsp3) is 0.467. The highest BCUT2D eigenvalue weighted by atomic mass is 33.1. The minimum Gasteiger partial charge on any atom is -0.468 e. The van der Waals surface area contributed by atoms with Crippen LogP contribution in [0.15, 0.2) is 212 Å². The van der Waals surface area contributed by atoms with Crippen molar-refractivity contribution >= 4 is 126 Å². The standard InChI is InChI=1S/C18H20N2O4S2.C13H18N2O4S2.2C10H13NO2.2C10H13NO.2C6H13NO2.2C6H13NO.2C5H11NO2/c19-15(17(21)23-13-7-3-1-4-8-13)11-25-26-12-16(20)18(22)24-14-9-5-2-6-10-14;1-18-12(16)10(14)7-20-21-8-11(15)13(17)19-9-5-3-2-4-6-9;2*1-2-9(11)10(12)13-8-6-4-3-5-7-8;2*1-2-9(11)10(12)8-6-4-3-5-7-8;2*1-3-5(7)6(8)9-4-2;2*1-3-5(7)6(8)4-2;2*1-3-4(6)5(7)8-2/h1-10,15-16H,11-12,19-20H2;2-6,10-11H,7-8,14-15H2,1H3;2*3-7,9H,2,11H2,1H3;2*3-7,9H,2,11H2,1H3;2*5H,3-4,7H2,1-2H3;2*5H,3-4,7H2,1-2H3;2*4H,3,6H2,1-2H3/t;10-,11-;4*9-;4*5-;2*4-/m.01010101010/s1. The van der Waals surface area contributed by atoms with Crippen molar-refractivity contribution in [3.8, 4) is 28.7 Å². The van der Waals surface area contributed by atoms with Crippen LogP contribution in [0.1, 0.15) is 195 Å². The van der Waals surface area contributed by atoms with Crippen molar-refractivity contribution < 1.29 is 114 Å². The number of hydrogen-bond donors (Lipinski definition) is 14. The van der Waals surface area contributed by atoms with Crippen molar-refractivity contribution in [1.29, 1.82) is 0 Å². The number of methoxy groups -OCH3 is 3. The van der Waals surface area contributed by atoms with E-state index in [0.29, 0.717) is 140 Å². The SMILES string of the molecule is CCC(=O)[C@@H](N)CC.CCC(=O)[C@H](N)CC.CCOC(=O)[C@@H](N)CC.CCOC(=O)[C@H](N)CC.CC[C@@H](N)C(=O)OC.CC[C@@H](N)C(=O)Oc1ccccc1.CC[C@@H](N)C(=O)c1ccccc1.CC[C@H](N)C(=O)OC.CC[C@H](N)C(=O)Oc1ccccc1.CC[C@H](N)C(=O)c1ccccc1.COC(=O)[C@@H](N)CSSC[C@H](N)C(=O)Oc1ccccc1.NC(CSSCC(N)C(=O)Oc1ccccc1)C(=O)Oc1ccccc1. The number of nitrogens with two attached hydrogens (primary N) is 14. The van der Waals surface area contributed by atoms with Gasteiger partial charge in [-0.1, -0.05) is 278 Å². The number of ketones is 4. The van der Waals surface area contributed by atoms with Crippen LogP contribution < -0.4 is 104 Å². The summed E-state index contributed by atoms with van der Waals surface area (Å²) in [6, 6.07) is 55.4. The maximum absolute atomic E-state index is 11.9. The summed E-state index contributed by atoms with van der Waals surface area (Å²) in [5.41, 5.74) is 78.4. The van der Waals surface area contributed by atoms with Crippen molar-refractivity contribution in [3.63, 3.8) is 0 Å². The van der Waals surface area contributed by atoms with Gasteiger partial charge in [0.05, 0.1) is 58.7 Å². The summed E-state index contributed by atoms with van der Waals surface area (Å²) in [5, 5.41) is 0. The van der Waals surface area contributed by atoms with Gasteiger partial charge in [0.25, 0.3) is 0 Å². The molecule has 0 aliphatic carbocycles. The van der Waals surface area contributed by atoms with Crippen LogP contribution in [0.4, 0.5) is 0 Å². The largest absolute Gasteiger partial charge is 0.468 e.